The molecule has 4 aromatic rings. The lowest BCUT2D eigenvalue weighted by atomic mass is 9.88. The van der Waals surface area contributed by atoms with Crippen LogP contribution in [0.15, 0.2) is 65.7 Å². The summed E-state index contributed by atoms with van der Waals surface area (Å²) >= 11 is 27.1. The Kier molecular flexibility index (Phi) is 15.1. The van der Waals surface area contributed by atoms with Gasteiger partial charge >= 0.3 is 12.2 Å². The van der Waals surface area contributed by atoms with E-state index in [1.807, 2.05) is 25.3 Å². The van der Waals surface area contributed by atoms with Crippen LogP contribution in [0.2, 0.25) is 10.0 Å². The minimum atomic E-state index is -0.458. The van der Waals surface area contributed by atoms with Crippen LogP contribution in [0.3, 0.4) is 0 Å². The number of aryl methyl sites for hydroxylation is 2. The van der Waals surface area contributed by atoms with Crippen molar-refractivity contribution in [3.63, 3.8) is 0 Å². The Labute approximate surface area is 403 Å². The number of fused-ring (bicyclic) bond motifs is 4. The first-order chi connectivity index (χ1) is 29.7. The zero-order valence-corrected chi connectivity index (χ0v) is 41.8. The minimum absolute atomic E-state index is 0.107. The van der Waals surface area contributed by atoms with Gasteiger partial charge in [0.2, 0.25) is 0 Å². The van der Waals surface area contributed by atoms with E-state index in [4.69, 9.17) is 48.4 Å². The highest BCUT2D eigenvalue weighted by atomic mass is 79.9. The van der Waals surface area contributed by atoms with Crippen molar-refractivity contribution in [1.82, 2.24) is 19.8 Å². The van der Waals surface area contributed by atoms with Crippen LogP contribution in [-0.4, -0.2) is 76.3 Å². The van der Waals surface area contributed by atoms with Crippen LogP contribution < -0.4 is 5.73 Å². The van der Waals surface area contributed by atoms with Gasteiger partial charge < -0.3 is 25.0 Å². The molecule has 0 saturated carbocycles. The Bertz CT molecular complexity index is 2530. The zero-order valence-electron chi connectivity index (χ0n) is 33.9. The Morgan fingerprint density at radius 2 is 1.11 bits per heavy atom. The summed E-state index contributed by atoms with van der Waals surface area (Å²) in [5, 5.41) is 12.4. The van der Waals surface area contributed by atoms with E-state index in [9.17, 15) is 19.7 Å². The molecule has 18 heteroatoms. The topological polar surface area (TPSA) is 154 Å². The third-order valence-corrected chi connectivity index (χ3v) is 15.3. The average molecular weight is 1140 g/mol. The van der Waals surface area contributed by atoms with Gasteiger partial charge in [-0.3, -0.25) is 20.1 Å². The van der Waals surface area contributed by atoms with Crippen LogP contribution in [0.5, 0.6) is 0 Å². The van der Waals surface area contributed by atoms with Gasteiger partial charge in [-0.15, -0.1) is 0 Å². The van der Waals surface area contributed by atoms with E-state index in [1.54, 1.807) is 29.0 Å². The summed E-state index contributed by atoms with van der Waals surface area (Å²) in [5.41, 5.74) is 19.1. The molecule has 2 aliphatic heterocycles. The first-order valence-corrected chi connectivity index (χ1v) is 24.1. The van der Waals surface area contributed by atoms with E-state index < -0.39 is 4.92 Å². The first-order valence-electron chi connectivity index (χ1n) is 20.2. The predicted octanol–water partition coefficient (Wildman–Crippen LogP) is 12.3. The number of nitrogens with two attached hydrogens (primary N) is 1. The summed E-state index contributed by atoms with van der Waals surface area (Å²) in [4.78, 5) is 48.5. The van der Waals surface area contributed by atoms with Crippen molar-refractivity contribution < 1.29 is 24.0 Å². The van der Waals surface area contributed by atoms with Crippen LogP contribution in [-0.2, 0) is 35.2 Å². The number of likely N-dealkylation sites (tertiary alicyclic amines) is 2. The van der Waals surface area contributed by atoms with Gasteiger partial charge in [-0.05, 0) is 181 Å². The normalized spacial score (nSPS) is 15.9. The van der Waals surface area contributed by atoms with E-state index in [0.29, 0.717) is 73.8 Å². The van der Waals surface area contributed by atoms with Crippen LogP contribution in [0.4, 0.5) is 21.0 Å². The van der Waals surface area contributed by atoms with Gasteiger partial charge in [0.05, 0.1) is 40.2 Å². The van der Waals surface area contributed by atoms with Crippen molar-refractivity contribution in [3.05, 3.63) is 131 Å². The van der Waals surface area contributed by atoms with E-state index in [-0.39, 0.29) is 22.9 Å². The number of halogens is 6. The molecule has 0 atom stereocenters. The number of nitrogens with zero attached hydrogens (tertiary/aromatic N) is 5. The number of carbonyl (C=O) groups excluding carboxylic acids is 2. The number of benzene rings is 2. The second-order valence-electron chi connectivity index (χ2n) is 15.1. The number of piperidine rings is 2. The molecule has 0 unspecified atom stereocenters. The van der Waals surface area contributed by atoms with Gasteiger partial charge in [0, 0.05) is 73.7 Å². The van der Waals surface area contributed by atoms with Crippen LogP contribution in [0.1, 0.15) is 84.3 Å². The Balaban J connectivity index is 0.000000187. The smallest absolute Gasteiger partial charge is 0.409 e. The molecule has 2 saturated heterocycles. The third kappa shape index (κ3) is 9.61. The van der Waals surface area contributed by atoms with Crippen molar-refractivity contribution in [2.24, 2.45) is 0 Å². The fourth-order valence-corrected chi connectivity index (χ4v) is 11.0. The molecule has 2 aromatic carbocycles. The first kappa shape index (κ1) is 46.5. The largest absolute Gasteiger partial charge is 0.450 e. The molecule has 2 fully saturated rings. The molecule has 2 aromatic heterocycles. The van der Waals surface area contributed by atoms with E-state index in [1.165, 1.54) is 11.1 Å². The van der Waals surface area contributed by atoms with Crippen LogP contribution in [0, 0.1) is 10.1 Å². The maximum Gasteiger partial charge on any atom is 0.409 e. The number of nitrogen functional groups attached to an aromatic ring is 1. The average Bonchev–Trinajstić information content (AvgIpc) is 3.52. The Morgan fingerprint density at radius 1 is 0.694 bits per heavy atom. The highest BCUT2D eigenvalue weighted by Gasteiger charge is 2.32. The highest BCUT2D eigenvalue weighted by Crippen LogP contribution is 2.47. The molecule has 0 spiro atoms. The lowest BCUT2D eigenvalue weighted by Crippen LogP contribution is -2.37. The van der Waals surface area contributed by atoms with E-state index in [2.05, 4.69) is 69.8 Å². The monoisotopic (exact) mass is 1140 g/mol. The molecule has 0 bridgehead atoms. The Morgan fingerprint density at radius 3 is 1.53 bits per heavy atom. The Hall–Kier alpha value is -3.54. The standard InChI is InChI=1S/C22H20Br2ClN3O4.C22H22Br2ClN3O2/c1-2-32-22(29)27-7-5-12(6-8-27)18-16-10-17(28(30)31)20(25)19(24)15(16)4-3-13-9-14(23)11-26-21(13)18;1-2-30-22(29)28-7-5-12(6-8-28)18-16-10-17(26)20(25)19(24)15(16)4-3-13-9-14(23)11-27-21(13)18/h9-11H,2-8H2,1H3;9-11H,2-8,26H2,1H3. The number of carbonyl (C=O) groups is 2. The van der Waals surface area contributed by atoms with Crippen molar-refractivity contribution in [2.45, 2.75) is 65.2 Å². The van der Waals surface area contributed by atoms with Crippen molar-refractivity contribution >= 4 is 122 Å². The van der Waals surface area contributed by atoms with Crippen LogP contribution in [0.25, 0.3) is 11.1 Å². The summed E-state index contributed by atoms with van der Waals surface area (Å²) in [6, 6.07) is 7.73. The summed E-state index contributed by atoms with van der Waals surface area (Å²) < 4.78 is 13.6. The zero-order chi connectivity index (χ0) is 44.4. The van der Waals surface area contributed by atoms with Crippen molar-refractivity contribution in [2.75, 3.05) is 45.1 Å². The number of nitro groups is 1. The molecule has 8 rings (SSSR count). The maximum absolute atomic E-state index is 12.1. The van der Waals surface area contributed by atoms with Gasteiger partial charge in [-0.1, -0.05) is 34.3 Å². The van der Waals surface area contributed by atoms with Crippen LogP contribution >= 0.6 is 86.9 Å². The lowest BCUT2D eigenvalue weighted by Gasteiger charge is -2.29. The molecule has 2 N–H and O–H groups in total. The van der Waals surface area contributed by atoms with Gasteiger partial charge in [-0.25, -0.2) is 9.59 Å². The summed E-state index contributed by atoms with van der Waals surface area (Å²) in [7, 11) is 0. The summed E-state index contributed by atoms with van der Waals surface area (Å²) in [6.45, 7) is 6.63. The van der Waals surface area contributed by atoms with Gasteiger partial charge in [0.1, 0.15) is 5.02 Å². The van der Waals surface area contributed by atoms with E-state index in [0.717, 1.165) is 101 Å². The van der Waals surface area contributed by atoms with Gasteiger partial charge in [-0.2, -0.15) is 0 Å². The fourth-order valence-electron chi connectivity index (χ4n) is 8.53. The van der Waals surface area contributed by atoms with Crippen molar-refractivity contribution in [3.8, 4) is 0 Å². The number of anilines is 1. The maximum atomic E-state index is 12.1. The number of rotatable bonds is 3. The summed E-state index contributed by atoms with van der Waals surface area (Å²) in [5.74, 6) is 0. The number of amides is 2. The number of ether oxygens (including phenoxy) is 2. The molecule has 326 valence electrons. The molecule has 12 nitrogen and oxygen atoms in total. The number of pyridine rings is 2. The number of nitro benzene ring substituents is 1. The molecular weight excluding hydrogens is 1100 g/mol. The second-order valence-corrected chi connectivity index (χ2v) is 19.3. The van der Waals surface area contributed by atoms with Gasteiger partial charge in [0.15, 0.2) is 0 Å². The fraction of sp³-hybridized carbons (Fsp3) is 0.364. The number of hydrogen-bond acceptors (Lipinski definition) is 9. The molecule has 2 aliphatic carbocycles. The minimum Gasteiger partial charge on any atom is -0.450 e. The van der Waals surface area contributed by atoms with Gasteiger partial charge in [0.25, 0.3) is 5.69 Å². The van der Waals surface area contributed by atoms with E-state index >= 15 is 0 Å². The molecule has 4 heterocycles. The molecular formula is C44H42Br4Cl2N6O6. The number of hydrogen-bond donors (Lipinski definition) is 1. The predicted molar refractivity (Wildman–Crippen MR) is 256 cm³/mol. The summed E-state index contributed by atoms with van der Waals surface area (Å²) in [6.07, 6.45) is 8.94. The molecule has 62 heavy (non-hydrogen) atoms. The quantitative estimate of drug-likeness (QED) is 0.120. The molecule has 2 amide bonds. The molecule has 4 aliphatic rings. The lowest BCUT2D eigenvalue weighted by molar-refractivity contribution is -0.384. The highest BCUT2D eigenvalue weighted by molar-refractivity contribution is 9.11. The SMILES string of the molecule is CCOC(=O)N1CCC(=C2c3cc(N)c(Cl)c(Br)c3CCc3cc(Br)cnc32)CC1.CCOC(=O)N1CCC(=C2c3cc([N+](=O)[O-])c(Cl)c(Br)c3CCc3cc(Br)cnc32)CC1. The molecule has 0 radical (unpaired) electrons. The van der Waals surface area contributed by atoms with Crippen molar-refractivity contribution in [1.29, 1.82) is 0 Å². The third-order valence-electron chi connectivity index (χ3n) is 11.5. The number of aromatic nitrogens is 2. The second kappa shape index (κ2) is 20.1.